The van der Waals surface area contributed by atoms with Gasteiger partial charge in [-0.15, -0.1) is 11.3 Å². The van der Waals surface area contributed by atoms with Crippen molar-refractivity contribution in [3.63, 3.8) is 0 Å². The molecule has 0 N–H and O–H groups in total. The summed E-state index contributed by atoms with van der Waals surface area (Å²) in [6.07, 6.45) is 4.50. The minimum absolute atomic E-state index is 0.0853. The van der Waals surface area contributed by atoms with Crippen molar-refractivity contribution in [1.29, 1.82) is 0 Å². The second kappa shape index (κ2) is 7.39. The molecule has 0 bridgehead atoms. The summed E-state index contributed by atoms with van der Waals surface area (Å²) < 4.78 is 7.76. The van der Waals surface area contributed by atoms with E-state index in [9.17, 15) is 9.59 Å². The number of aromatic nitrogens is 2. The Morgan fingerprint density at radius 1 is 1.21 bits per heavy atom. The number of carbonyl (C=O) groups is 1. The van der Waals surface area contributed by atoms with Crippen LogP contribution in [0.25, 0.3) is 10.9 Å². The Hall–Kier alpha value is -2.51. The number of benzene rings is 1. The van der Waals surface area contributed by atoms with Gasteiger partial charge in [0, 0.05) is 30.9 Å². The Bertz CT molecular complexity index is 1110. The molecule has 0 aliphatic carbocycles. The summed E-state index contributed by atoms with van der Waals surface area (Å²) in [5, 5.41) is 2.73. The molecule has 1 fully saturated rings. The van der Waals surface area contributed by atoms with Crippen LogP contribution in [0.2, 0.25) is 0 Å². The van der Waals surface area contributed by atoms with Gasteiger partial charge < -0.3 is 9.64 Å². The van der Waals surface area contributed by atoms with Crippen LogP contribution in [0, 0.1) is 0 Å². The second-order valence-corrected chi connectivity index (χ2v) is 8.67. The minimum Gasteiger partial charge on any atom is -0.369 e. The van der Waals surface area contributed by atoms with Gasteiger partial charge in [-0.2, -0.15) is 0 Å². The molecule has 2 aliphatic heterocycles. The fourth-order valence-corrected chi connectivity index (χ4v) is 5.65. The molecule has 2 aliphatic rings. The highest BCUT2D eigenvalue weighted by Crippen LogP contribution is 2.44. The molecule has 1 spiro atoms. The van der Waals surface area contributed by atoms with Crippen LogP contribution in [0.5, 0.6) is 0 Å². The van der Waals surface area contributed by atoms with Crippen LogP contribution in [0.4, 0.5) is 0 Å². The van der Waals surface area contributed by atoms with Crippen LogP contribution in [0.1, 0.15) is 29.7 Å². The van der Waals surface area contributed by atoms with Crippen LogP contribution in [-0.4, -0.2) is 40.1 Å². The van der Waals surface area contributed by atoms with E-state index in [0.717, 1.165) is 25.9 Å². The Kier molecular flexibility index (Phi) is 4.72. The monoisotopic (exact) mass is 409 g/mol. The molecule has 1 amide bonds. The normalized spacial score (nSPS) is 18.1. The Balaban J connectivity index is 1.24. The van der Waals surface area contributed by atoms with Gasteiger partial charge in [-0.1, -0.05) is 12.1 Å². The number of thiophene rings is 1. The highest BCUT2D eigenvalue weighted by atomic mass is 32.1. The highest BCUT2D eigenvalue weighted by Gasteiger charge is 2.42. The molecule has 29 heavy (non-hydrogen) atoms. The molecule has 7 heteroatoms. The summed E-state index contributed by atoms with van der Waals surface area (Å²) in [5.41, 5.74) is 1.78. The summed E-state index contributed by atoms with van der Waals surface area (Å²) in [5.74, 6) is 0.0853. The van der Waals surface area contributed by atoms with Gasteiger partial charge in [-0.3, -0.25) is 14.2 Å². The number of fused-ring (bicyclic) bond motifs is 3. The van der Waals surface area contributed by atoms with Crippen LogP contribution >= 0.6 is 11.3 Å². The van der Waals surface area contributed by atoms with Gasteiger partial charge in [0.2, 0.25) is 5.91 Å². The molecule has 0 unspecified atom stereocenters. The zero-order valence-corrected chi connectivity index (χ0v) is 17.0. The van der Waals surface area contributed by atoms with Crippen molar-refractivity contribution >= 4 is 28.1 Å². The SMILES string of the molecule is O=C(CCn1cnc2ccccc2c1=O)N1CCC2(CC1)OCCc1ccsc12. The summed E-state index contributed by atoms with van der Waals surface area (Å²) in [6.45, 7) is 2.50. The second-order valence-electron chi connectivity index (χ2n) is 7.76. The van der Waals surface area contributed by atoms with Gasteiger partial charge in [0.25, 0.3) is 5.56 Å². The van der Waals surface area contributed by atoms with E-state index in [2.05, 4.69) is 16.4 Å². The van der Waals surface area contributed by atoms with Gasteiger partial charge >= 0.3 is 0 Å². The van der Waals surface area contributed by atoms with Crippen LogP contribution in [0.3, 0.4) is 0 Å². The zero-order valence-electron chi connectivity index (χ0n) is 16.2. The number of carbonyl (C=O) groups excluding carboxylic acids is 1. The van der Waals surface area contributed by atoms with E-state index in [1.165, 1.54) is 21.3 Å². The maximum absolute atomic E-state index is 12.8. The quantitative estimate of drug-likeness (QED) is 0.667. The van der Waals surface area contributed by atoms with E-state index in [1.807, 2.05) is 23.1 Å². The van der Waals surface area contributed by atoms with Crippen molar-refractivity contribution in [1.82, 2.24) is 14.5 Å². The first-order valence-corrected chi connectivity index (χ1v) is 11.0. The predicted molar refractivity (Wildman–Crippen MR) is 112 cm³/mol. The van der Waals surface area contributed by atoms with Gasteiger partial charge in [0.15, 0.2) is 0 Å². The molecule has 0 atom stereocenters. The summed E-state index contributed by atoms with van der Waals surface area (Å²) in [7, 11) is 0. The summed E-state index contributed by atoms with van der Waals surface area (Å²) >= 11 is 1.78. The van der Waals surface area contributed by atoms with Crippen LogP contribution < -0.4 is 5.56 Å². The highest BCUT2D eigenvalue weighted by molar-refractivity contribution is 7.10. The van der Waals surface area contributed by atoms with Crippen molar-refractivity contribution in [2.75, 3.05) is 19.7 Å². The lowest BCUT2D eigenvalue weighted by molar-refractivity contribution is -0.140. The van der Waals surface area contributed by atoms with E-state index >= 15 is 0 Å². The molecular weight excluding hydrogens is 386 g/mol. The fraction of sp³-hybridized carbons (Fsp3) is 0.409. The third-order valence-electron chi connectivity index (χ3n) is 6.13. The van der Waals surface area contributed by atoms with Gasteiger partial charge in [-0.05, 0) is 48.4 Å². The molecule has 6 nitrogen and oxygen atoms in total. The number of rotatable bonds is 3. The van der Waals surface area contributed by atoms with E-state index < -0.39 is 0 Å². The van der Waals surface area contributed by atoms with Crippen LogP contribution in [-0.2, 0) is 28.1 Å². The van der Waals surface area contributed by atoms with Crippen molar-refractivity contribution in [3.05, 3.63) is 62.8 Å². The standard InChI is InChI=1S/C22H23N3O3S/c26-19(5-10-25-15-23-18-4-2-1-3-17(18)21(25)27)24-11-8-22(9-12-24)20-16(6-13-28-22)7-14-29-20/h1-4,7,14-15H,5-6,8-13H2. The minimum atomic E-state index is -0.211. The van der Waals surface area contributed by atoms with Crippen molar-refractivity contribution in [2.45, 2.75) is 37.8 Å². The predicted octanol–water partition coefficient (Wildman–Crippen LogP) is 2.94. The molecule has 2 aromatic heterocycles. The topological polar surface area (TPSA) is 64.4 Å². The molecule has 5 rings (SSSR count). The van der Waals surface area contributed by atoms with Crippen molar-refractivity contribution in [2.24, 2.45) is 0 Å². The first-order chi connectivity index (χ1) is 14.2. The Labute approximate surface area is 172 Å². The number of hydrogen-bond donors (Lipinski definition) is 0. The molecule has 4 heterocycles. The lowest BCUT2D eigenvalue weighted by Crippen LogP contribution is -2.48. The average molecular weight is 410 g/mol. The third-order valence-corrected chi connectivity index (χ3v) is 7.27. The largest absolute Gasteiger partial charge is 0.369 e. The van der Waals surface area contributed by atoms with Crippen molar-refractivity contribution in [3.8, 4) is 0 Å². The first-order valence-electron chi connectivity index (χ1n) is 10.1. The van der Waals surface area contributed by atoms with Gasteiger partial charge in [0.05, 0.1) is 23.8 Å². The van der Waals surface area contributed by atoms with E-state index in [4.69, 9.17) is 4.74 Å². The molecule has 1 aromatic carbocycles. The number of aryl methyl sites for hydroxylation is 1. The molecular formula is C22H23N3O3S. The van der Waals surface area contributed by atoms with E-state index in [1.54, 1.807) is 17.4 Å². The summed E-state index contributed by atoms with van der Waals surface area (Å²) in [6, 6.07) is 9.49. The Morgan fingerprint density at radius 2 is 2.03 bits per heavy atom. The lowest BCUT2D eigenvalue weighted by Gasteiger charge is -2.43. The Morgan fingerprint density at radius 3 is 2.90 bits per heavy atom. The van der Waals surface area contributed by atoms with Crippen LogP contribution in [0.15, 0.2) is 46.8 Å². The molecule has 0 radical (unpaired) electrons. The number of hydrogen-bond acceptors (Lipinski definition) is 5. The number of likely N-dealkylation sites (tertiary alicyclic amines) is 1. The maximum Gasteiger partial charge on any atom is 0.261 e. The van der Waals surface area contributed by atoms with Gasteiger partial charge in [-0.25, -0.2) is 4.98 Å². The smallest absolute Gasteiger partial charge is 0.261 e. The number of piperidine rings is 1. The van der Waals surface area contributed by atoms with E-state index in [0.29, 0.717) is 37.0 Å². The van der Waals surface area contributed by atoms with Gasteiger partial charge in [0.1, 0.15) is 5.60 Å². The number of para-hydroxylation sites is 1. The van der Waals surface area contributed by atoms with Crippen molar-refractivity contribution < 1.29 is 9.53 Å². The molecule has 150 valence electrons. The number of nitrogens with zero attached hydrogens (tertiary/aromatic N) is 3. The fourth-order valence-electron chi connectivity index (χ4n) is 4.48. The van der Waals surface area contributed by atoms with E-state index in [-0.39, 0.29) is 17.1 Å². The molecule has 1 saturated heterocycles. The summed E-state index contributed by atoms with van der Waals surface area (Å²) in [4.78, 5) is 33.0. The average Bonchev–Trinajstić information content (AvgIpc) is 3.24. The third kappa shape index (κ3) is 3.28. The number of amides is 1. The molecule has 0 saturated carbocycles. The lowest BCUT2D eigenvalue weighted by atomic mass is 9.85. The first kappa shape index (κ1) is 18.5. The maximum atomic E-state index is 12.8. The zero-order chi connectivity index (χ0) is 19.8. The molecule has 3 aromatic rings. The number of ether oxygens (including phenoxy) is 1.